The fourth-order valence-electron chi connectivity index (χ4n) is 3.81. The number of hydrogen-bond donors (Lipinski definition) is 1. The van der Waals surface area contributed by atoms with Crippen LogP contribution in [0.25, 0.3) is 16.7 Å². The molecule has 0 aliphatic carbocycles. The van der Waals surface area contributed by atoms with E-state index in [9.17, 15) is 9.18 Å². The number of ether oxygens (including phenoxy) is 2. The number of fused-ring (bicyclic) bond motifs is 3. The Morgan fingerprint density at radius 3 is 2.79 bits per heavy atom. The molecule has 0 bridgehead atoms. The van der Waals surface area contributed by atoms with Crippen LogP contribution in [0.5, 0.6) is 5.75 Å². The fourth-order valence-corrected chi connectivity index (χ4v) is 3.81. The molecule has 2 heterocycles. The van der Waals surface area contributed by atoms with Crippen LogP contribution in [0, 0.1) is 12.7 Å². The lowest BCUT2D eigenvalue weighted by Crippen LogP contribution is -2.08. The van der Waals surface area contributed by atoms with E-state index < -0.39 is 0 Å². The van der Waals surface area contributed by atoms with Crippen molar-refractivity contribution in [1.82, 2.24) is 19.6 Å². The molecule has 4 aromatic rings. The van der Waals surface area contributed by atoms with E-state index in [2.05, 4.69) is 15.5 Å². The number of aryl methyl sites for hydroxylation is 1. The number of benzene rings is 2. The van der Waals surface area contributed by atoms with E-state index >= 15 is 0 Å². The highest BCUT2D eigenvalue weighted by Crippen LogP contribution is 2.25. The Morgan fingerprint density at radius 1 is 1.09 bits per heavy atom. The van der Waals surface area contributed by atoms with Crippen LogP contribution in [0.3, 0.4) is 0 Å². The van der Waals surface area contributed by atoms with E-state index in [-0.39, 0.29) is 11.6 Å². The van der Waals surface area contributed by atoms with Gasteiger partial charge in [0.05, 0.1) is 17.6 Å². The highest BCUT2D eigenvalue weighted by Gasteiger charge is 2.14. The second kappa shape index (κ2) is 11.0. The number of carbonyl (C=O) groups excluding carboxylic acids is 1. The van der Waals surface area contributed by atoms with Gasteiger partial charge in [-0.05, 0) is 44.0 Å². The first kappa shape index (κ1) is 23.6. The molecule has 9 heteroatoms. The Hall–Kier alpha value is -3.59. The van der Waals surface area contributed by atoms with Gasteiger partial charge < -0.3 is 14.8 Å². The minimum Gasteiger partial charge on any atom is -0.491 e. The minimum atomic E-state index is -0.387. The van der Waals surface area contributed by atoms with E-state index in [1.807, 2.05) is 29.5 Å². The zero-order valence-electron chi connectivity index (χ0n) is 19.4. The molecule has 178 valence electrons. The number of anilines is 1. The molecule has 0 fully saturated rings. The maximum Gasteiger partial charge on any atom is 0.204 e. The van der Waals surface area contributed by atoms with Crippen molar-refractivity contribution in [3.05, 3.63) is 59.7 Å². The van der Waals surface area contributed by atoms with Gasteiger partial charge in [0, 0.05) is 31.7 Å². The van der Waals surface area contributed by atoms with Crippen LogP contribution in [-0.4, -0.2) is 52.2 Å². The maximum absolute atomic E-state index is 13.3. The summed E-state index contributed by atoms with van der Waals surface area (Å²) in [6.07, 6.45) is 2.86. The van der Waals surface area contributed by atoms with E-state index in [1.54, 1.807) is 19.2 Å². The predicted molar refractivity (Wildman–Crippen MR) is 128 cm³/mol. The Morgan fingerprint density at radius 2 is 1.97 bits per heavy atom. The summed E-state index contributed by atoms with van der Waals surface area (Å²) >= 11 is 0. The number of Topliss-reactive ketones (excluding diaryl/α,β-unsaturated/α-hetero) is 1. The van der Waals surface area contributed by atoms with Crippen LogP contribution in [0.1, 0.15) is 41.9 Å². The second-order valence-electron chi connectivity index (χ2n) is 8.03. The standard InChI is InChI=1S/C25H28FN5O3/c1-17-29-30-25-24(27-12-5-3-4-9-23(32)18-7-6-8-19(26)15-18)28-21-16-20(34-14-13-33-2)10-11-22(21)31(17)25/h6-8,10-11,15-16H,3-5,9,12-14H2,1-2H3,(H,27,28). The molecular formula is C25H28FN5O3. The Kier molecular flexibility index (Phi) is 7.64. The number of rotatable bonds is 12. The molecular weight excluding hydrogens is 437 g/mol. The molecule has 0 aliphatic rings. The SMILES string of the molecule is COCCOc1ccc2c(c1)nc(NCCCCCC(=O)c1cccc(F)c1)c1nnc(C)n12. The van der Waals surface area contributed by atoms with Gasteiger partial charge in [0.15, 0.2) is 11.6 Å². The second-order valence-corrected chi connectivity index (χ2v) is 8.03. The van der Waals surface area contributed by atoms with Crippen molar-refractivity contribution >= 4 is 28.3 Å². The fraction of sp³-hybridized carbons (Fsp3) is 0.360. The average Bonchev–Trinajstić information content (AvgIpc) is 3.23. The molecule has 0 spiro atoms. The summed E-state index contributed by atoms with van der Waals surface area (Å²) in [7, 11) is 1.64. The highest BCUT2D eigenvalue weighted by molar-refractivity contribution is 5.96. The molecule has 0 unspecified atom stereocenters. The third kappa shape index (κ3) is 5.48. The van der Waals surface area contributed by atoms with Gasteiger partial charge in [-0.3, -0.25) is 9.20 Å². The molecule has 0 atom stereocenters. The minimum absolute atomic E-state index is 0.0344. The highest BCUT2D eigenvalue weighted by atomic mass is 19.1. The summed E-state index contributed by atoms with van der Waals surface area (Å²) in [5.41, 5.74) is 2.76. The average molecular weight is 466 g/mol. The molecule has 0 saturated carbocycles. The summed E-state index contributed by atoms with van der Waals surface area (Å²) < 4.78 is 26.0. The molecule has 8 nitrogen and oxygen atoms in total. The Bertz CT molecular complexity index is 1290. The lowest BCUT2D eigenvalue weighted by atomic mass is 10.0. The summed E-state index contributed by atoms with van der Waals surface area (Å²) in [5.74, 6) is 1.72. The van der Waals surface area contributed by atoms with Crippen LogP contribution in [0.15, 0.2) is 42.5 Å². The van der Waals surface area contributed by atoms with Gasteiger partial charge in [-0.25, -0.2) is 9.37 Å². The lowest BCUT2D eigenvalue weighted by molar-refractivity contribution is 0.0979. The van der Waals surface area contributed by atoms with Gasteiger partial charge in [0.2, 0.25) is 5.65 Å². The third-order valence-corrected chi connectivity index (χ3v) is 5.53. The van der Waals surface area contributed by atoms with Crippen LogP contribution >= 0.6 is 0 Å². The lowest BCUT2D eigenvalue weighted by Gasteiger charge is -2.11. The summed E-state index contributed by atoms with van der Waals surface area (Å²) in [4.78, 5) is 17.0. The molecule has 0 aliphatic heterocycles. The third-order valence-electron chi connectivity index (χ3n) is 5.53. The normalized spacial score (nSPS) is 11.3. The van der Waals surface area contributed by atoms with Crippen molar-refractivity contribution in [2.75, 3.05) is 32.2 Å². The van der Waals surface area contributed by atoms with E-state index in [1.165, 1.54) is 12.1 Å². The smallest absolute Gasteiger partial charge is 0.204 e. The van der Waals surface area contributed by atoms with Crippen molar-refractivity contribution in [3.63, 3.8) is 0 Å². The molecule has 4 rings (SSSR count). The molecule has 2 aromatic carbocycles. The molecule has 1 N–H and O–H groups in total. The monoisotopic (exact) mass is 465 g/mol. The van der Waals surface area contributed by atoms with Crippen molar-refractivity contribution in [1.29, 1.82) is 0 Å². The van der Waals surface area contributed by atoms with Crippen molar-refractivity contribution in [2.45, 2.75) is 32.6 Å². The predicted octanol–water partition coefficient (Wildman–Crippen LogP) is 4.61. The first-order chi connectivity index (χ1) is 16.6. The first-order valence-corrected chi connectivity index (χ1v) is 11.4. The Balaban J connectivity index is 1.37. The zero-order valence-corrected chi connectivity index (χ0v) is 19.4. The quantitative estimate of drug-likeness (QED) is 0.241. The maximum atomic E-state index is 13.3. The molecule has 0 saturated heterocycles. The van der Waals surface area contributed by atoms with E-state index in [4.69, 9.17) is 14.5 Å². The van der Waals surface area contributed by atoms with Gasteiger partial charge in [-0.1, -0.05) is 18.6 Å². The molecule has 0 amide bonds. The summed E-state index contributed by atoms with van der Waals surface area (Å²) in [5, 5.41) is 11.9. The van der Waals surface area contributed by atoms with Crippen molar-refractivity contribution in [3.8, 4) is 5.75 Å². The van der Waals surface area contributed by atoms with Crippen LogP contribution < -0.4 is 10.1 Å². The number of unbranched alkanes of at least 4 members (excludes halogenated alkanes) is 2. The number of nitrogens with one attached hydrogen (secondary N) is 1. The number of nitrogens with zero attached hydrogens (tertiary/aromatic N) is 4. The molecule has 34 heavy (non-hydrogen) atoms. The number of methoxy groups -OCH3 is 1. The van der Waals surface area contributed by atoms with Crippen molar-refractivity contribution < 1.29 is 18.7 Å². The topological polar surface area (TPSA) is 90.6 Å². The largest absolute Gasteiger partial charge is 0.491 e. The first-order valence-electron chi connectivity index (χ1n) is 11.4. The van der Waals surface area contributed by atoms with Gasteiger partial charge in [-0.15, -0.1) is 10.2 Å². The number of aromatic nitrogens is 4. The number of halogens is 1. The van der Waals surface area contributed by atoms with Gasteiger partial charge >= 0.3 is 0 Å². The van der Waals surface area contributed by atoms with Crippen LogP contribution in [0.2, 0.25) is 0 Å². The Labute approximate surface area is 197 Å². The van der Waals surface area contributed by atoms with Crippen LogP contribution in [-0.2, 0) is 4.74 Å². The van der Waals surface area contributed by atoms with Crippen molar-refractivity contribution in [2.24, 2.45) is 0 Å². The van der Waals surface area contributed by atoms with E-state index in [0.717, 1.165) is 41.9 Å². The van der Waals surface area contributed by atoms with Gasteiger partial charge in [0.1, 0.15) is 24.0 Å². The van der Waals surface area contributed by atoms with Crippen LogP contribution in [0.4, 0.5) is 10.2 Å². The van der Waals surface area contributed by atoms with E-state index in [0.29, 0.717) is 43.2 Å². The number of hydrogen-bond acceptors (Lipinski definition) is 7. The molecule has 2 aromatic heterocycles. The van der Waals surface area contributed by atoms with Gasteiger partial charge in [-0.2, -0.15) is 0 Å². The summed E-state index contributed by atoms with van der Waals surface area (Å²) in [6.45, 7) is 3.55. The molecule has 0 radical (unpaired) electrons. The number of carbonyl (C=O) groups is 1. The number of ketones is 1. The zero-order chi connectivity index (χ0) is 23.9. The van der Waals surface area contributed by atoms with Gasteiger partial charge in [0.25, 0.3) is 0 Å². The summed E-state index contributed by atoms with van der Waals surface area (Å²) in [6, 6.07) is 11.6.